The molecule has 7 rings (SSSR count). The minimum absolute atomic E-state index is 0.00536. The number of carbonyl (C=O) groups excluding carboxylic acids is 3. The van der Waals surface area contributed by atoms with Gasteiger partial charge in [-0.1, -0.05) is 76.2 Å². The number of rotatable bonds is 28. The normalized spacial score (nSPS) is 20.2. The molecule has 7 atom stereocenters. The summed E-state index contributed by atoms with van der Waals surface area (Å²) in [4.78, 5) is 40.4. The Balaban J connectivity index is 0.876. The quantitative estimate of drug-likeness (QED) is 0.0299. The summed E-state index contributed by atoms with van der Waals surface area (Å²) in [5, 5.41) is 60.1. The standard InChI is InChI=1S/C65H94N6O11/c1-62(2,37-48(72)40-79-51-26-18-44(19-27-51)63(3,4)45-20-28-52(29-21-45)80-41-49(73)38-69-55-15-9-12-34-66-59(55)76)71(57-17-11-14-36-68-61(57)78)39-50(74)42-81-53-30-22-46(23-31-53)64(5,6)47-24-32-54(33-25-47)82-43-58(75)65(7,8)70-56-16-10-13-35-67-60(56)77/h18-33,48-50,55-58,69-70,72-75H,9-17,34-43H2,1-8H3,(H,66,76)(H,67,77)(H,68,78). The zero-order chi connectivity index (χ0) is 59.1. The van der Waals surface area contributed by atoms with Crippen LogP contribution in [0.15, 0.2) is 97.1 Å². The van der Waals surface area contributed by atoms with E-state index in [0.29, 0.717) is 49.1 Å². The number of ether oxygens (including phenoxy) is 4. The lowest BCUT2D eigenvalue weighted by atomic mass is 9.78. The number of carbonyl (C=O) groups is 3. The number of nitrogens with zero attached hydrogens (tertiary/aromatic N) is 1. The van der Waals surface area contributed by atoms with Crippen molar-refractivity contribution in [3.63, 3.8) is 0 Å². The molecule has 4 aromatic carbocycles. The first kappa shape index (κ1) is 63.8. The third-order valence-corrected chi connectivity index (χ3v) is 16.9. The number of benzene rings is 4. The molecule has 82 heavy (non-hydrogen) atoms. The van der Waals surface area contributed by atoms with Crippen LogP contribution in [0, 0.1) is 0 Å². The van der Waals surface area contributed by atoms with Crippen LogP contribution in [-0.2, 0) is 25.2 Å². The number of aliphatic hydroxyl groups is 4. The van der Waals surface area contributed by atoms with Gasteiger partial charge in [0, 0.05) is 54.6 Å². The highest BCUT2D eigenvalue weighted by atomic mass is 16.5. The number of hydrogen-bond donors (Lipinski definition) is 9. The van der Waals surface area contributed by atoms with Crippen molar-refractivity contribution in [1.82, 2.24) is 31.5 Å². The van der Waals surface area contributed by atoms with Crippen LogP contribution in [0.5, 0.6) is 23.0 Å². The molecule has 0 spiro atoms. The molecule has 0 aliphatic carbocycles. The van der Waals surface area contributed by atoms with Gasteiger partial charge in [-0.15, -0.1) is 0 Å². The maximum Gasteiger partial charge on any atom is 0.237 e. The zero-order valence-corrected chi connectivity index (χ0v) is 49.8. The summed E-state index contributed by atoms with van der Waals surface area (Å²) in [6.07, 6.45) is 4.44. The third-order valence-electron chi connectivity index (χ3n) is 16.9. The summed E-state index contributed by atoms with van der Waals surface area (Å²) in [6, 6.07) is 30.2. The predicted molar refractivity (Wildman–Crippen MR) is 319 cm³/mol. The number of amides is 3. The van der Waals surface area contributed by atoms with E-state index < -0.39 is 41.5 Å². The van der Waals surface area contributed by atoms with Gasteiger partial charge in [-0.05, 0) is 163 Å². The number of hydrogen-bond acceptors (Lipinski definition) is 14. The van der Waals surface area contributed by atoms with Crippen LogP contribution in [0.4, 0.5) is 0 Å². The lowest BCUT2D eigenvalue weighted by molar-refractivity contribution is -0.131. The molecule has 17 nitrogen and oxygen atoms in total. The minimum atomic E-state index is -0.948. The van der Waals surface area contributed by atoms with E-state index in [4.69, 9.17) is 18.9 Å². The number of β-amino-alcohol motifs (C(OH)–C–C–N with tert-alkyl or cyclic N) is 1. The van der Waals surface area contributed by atoms with Crippen LogP contribution < -0.4 is 45.5 Å². The summed E-state index contributed by atoms with van der Waals surface area (Å²) in [7, 11) is 0. The molecule has 3 aliphatic rings. The van der Waals surface area contributed by atoms with Gasteiger partial charge in [0.2, 0.25) is 17.7 Å². The lowest BCUT2D eigenvalue weighted by Gasteiger charge is -2.44. The van der Waals surface area contributed by atoms with E-state index in [1.807, 2.05) is 130 Å². The van der Waals surface area contributed by atoms with Gasteiger partial charge >= 0.3 is 0 Å². The maximum atomic E-state index is 13.6. The monoisotopic (exact) mass is 1130 g/mol. The Hall–Kier alpha value is -5.79. The molecule has 3 saturated heterocycles. The van der Waals surface area contributed by atoms with Crippen molar-refractivity contribution in [3.8, 4) is 23.0 Å². The van der Waals surface area contributed by atoms with Crippen molar-refractivity contribution in [2.45, 2.75) is 184 Å². The van der Waals surface area contributed by atoms with Crippen molar-refractivity contribution in [2.75, 3.05) is 59.2 Å². The van der Waals surface area contributed by atoms with Gasteiger partial charge in [-0.2, -0.15) is 0 Å². The summed E-state index contributed by atoms with van der Waals surface area (Å²) < 4.78 is 24.2. The highest BCUT2D eigenvalue weighted by molar-refractivity contribution is 5.83. The third kappa shape index (κ3) is 17.9. The molecule has 450 valence electrons. The Bertz CT molecular complexity index is 2630. The molecule has 7 unspecified atom stereocenters. The van der Waals surface area contributed by atoms with Crippen molar-refractivity contribution >= 4 is 17.7 Å². The van der Waals surface area contributed by atoms with Gasteiger partial charge in [-0.3, -0.25) is 24.6 Å². The van der Waals surface area contributed by atoms with Gasteiger partial charge in [0.05, 0.1) is 24.2 Å². The molecule has 0 radical (unpaired) electrons. The highest BCUT2D eigenvalue weighted by Crippen LogP contribution is 2.36. The molecule has 3 aliphatic heterocycles. The molecule has 0 bridgehead atoms. The summed E-state index contributed by atoms with van der Waals surface area (Å²) in [5.74, 6) is 2.34. The molecule has 0 aromatic heterocycles. The predicted octanol–water partition coefficient (Wildman–Crippen LogP) is 6.43. The van der Waals surface area contributed by atoms with Gasteiger partial charge in [0.15, 0.2) is 0 Å². The van der Waals surface area contributed by atoms with E-state index in [0.717, 1.165) is 73.6 Å². The summed E-state index contributed by atoms with van der Waals surface area (Å²) >= 11 is 0. The smallest absolute Gasteiger partial charge is 0.237 e. The van der Waals surface area contributed by atoms with E-state index in [1.165, 1.54) is 0 Å². The minimum Gasteiger partial charge on any atom is -0.491 e. The van der Waals surface area contributed by atoms with Crippen molar-refractivity contribution < 1.29 is 53.8 Å². The van der Waals surface area contributed by atoms with Crippen LogP contribution in [-0.4, -0.2) is 156 Å². The summed E-state index contributed by atoms with van der Waals surface area (Å²) in [6.45, 7) is 18.9. The van der Waals surface area contributed by atoms with Gasteiger partial charge in [0.1, 0.15) is 67.7 Å². The molecular weight excluding hydrogens is 1040 g/mol. The highest BCUT2D eigenvalue weighted by Gasteiger charge is 2.40. The average Bonchev–Trinajstić information content (AvgIpc) is 3.83. The molecule has 0 saturated carbocycles. The first-order valence-electron chi connectivity index (χ1n) is 29.8. The second-order valence-corrected chi connectivity index (χ2v) is 25.0. The SMILES string of the molecule is CC(C)(c1ccc(OCC(O)CNC2CCCCNC2=O)cc1)c1ccc(OCC(O)CC(C)(C)N(CC(O)COc2ccc(C(C)(C)c3ccc(OCC(O)C(C)(C)NC4CCCCNC4=O)cc3)cc2)C2CCCCNC2=O)cc1. The number of nitrogens with one attached hydrogen (secondary N) is 5. The maximum absolute atomic E-state index is 13.6. The Kier molecular flexibility index (Phi) is 22.7. The van der Waals surface area contributed by atoms with Crippen LogP contribution in [0.2, 0.25) is 0 Å². The largest absolute Gasteiger partial charge is 0.491 e. The average molecular weight is 1140 g/mol. The van der Waals surface area contributed by atoms with Crippen LogP contribution in [0.3, 0.4) is 0 Å². The molecule has 17 heteroatoms. The Morgan fingerprint density at radius 3 is 1.33 bits per heavy atom. The van der Waals surface area contributed by atoms with Crippen LogP contribution in [0.1, 0.15) is 142 Å². The fraction of sp³-hybridized carbons (Fsp3) is 0.585. The molecular formula is C65H94N6O11. The lowest BCUT2D eigenvalue weighted by Crippen LogP contribution is -2.58. The van der Waals surface area contributed by atoms with Gasteiger partial charge in [-0.25, -0.2) is 0 Å². The Morgan fingerprint density at radius 2 is 0.866 bits per heavy atom. The summed E-state index contributed by atoms with van der Waals surface area (Å²) in [5.41, 5.74) is 2.07. The first-order chi connectivity index (χ1) is 39.0. The van der Waals surface area contributed by atoms with E-state index in [9.17, 15) is 34.8 Å². The Labute approximate surface area is 486 Å². The molecule has 3 heterocycles. The molecule has 4 aromatic rings. The van der Waals surface area contributed by atoms with E-state index in [-0.39, 0.29) is 86.6 Å². The van der Waals surface area contributed by atoms with Crippen molar-refractivity contribution in [1.29, 1.82) is 0 Å². The topological polar surface area (TPSA) is 232 Å². The molecule has 9 N–H and O–H groups in total. The van der Waals surface area contributed by atoms with Crippen LogP contribution >= 0.6 is 0 Å². The van der Waals surface area contributed by atoms with E-state index in [1.54, 1.807) is 0 Å². The van der Waals surface area contributed by atoms with Gasteiger partial charge in [0.25, 0.3) is 0 Å². The van der Waals surface area contributed by atoms with Gasteiger partial charge < -0.3 is 60.6 Å². The molecule has 3 fully saturated rings. The van der Waals surface area contributed by atoms with E-state index in [2.05, 4.69) is 54.3 Å². The zero-order valence-electron chi connectivity index (χ0n) is 49.8. The van der Waals surface area contributed by atoms with Crippen molar-refractivity contribution in [3.05, 3.63) is 119 Å². The number of aliphatic hydroxyl groups excluding tert-OH is 4. The van der Waals surface area contributed by atoms with E-state index >= 15 is 0 Å². The van der Waals surface area contributed by atoms with Crippen molar-refractivity contribution in [2.24, 2.45) is 0 Å². The fourth-order valence-electron chi connectivity index (χ4n) is 11.3. The first-order valence-corrected chi connectivity index (χ1v) is 29.8. The second-order valence-electron chi connectivity index (χ2n) is 25.0. The fourth-order valence-corrected chi connectivity index (χ4v) is 11.3. The Morgan fingerprint density at radius 1 is 0.488 bits per heavy atom. The molecule has 3 amide bonds. The second kappa shape index (κ2) is 29.1. The van der Waals surface area contributed by atoms with Crippen LogP contribution in [0.25, 0.3) is 0 Å².